The summed E-state index contributed by atoms with van der Waals surface area (Å²) in [5, 5.41) is 8.97. The Bertz CT molecular complexity index is 448. The lowest BCUT2D eigenvalue weighted by atomic mass is 9.79. The molecular formula is C16H27NO6. The van der Waals surface area contributed by atoms with Crippen LogP contribution < -0.4 is 5.73 Å². The van der Waals surface area contributed by atoms with E-state index in [-0.39, 0.29) is 11.8 Å². The molecule has 2 unspecified atom stereocenters. The summed E-state index contributed by atoms with van der Waals surface area (Å²) in [5.41, 5.74) is 5.23. The van der Waals surface area contributed by atoms with Gasteiger partial charge in [0.2, 0.25) is 6.29 Å². The van der Waals surface area contributed by atoms with Crippen LogP contribution in [0.2, 0.25) is 0 Å². The molecule has 0 aromatic rings. The zero-order valence-electron chi connectivity index (χ0n) is 14.2. The highest BCUT2D eigenvalue weighted by Crippen LogP contribution is 2.31. The summed E-state index contributed by atoms with van der Waals surface area (Å²) in [6.45, 7) is 6.58. The van der Waals surface area contributed by atoms with Crippen LogP contribution in [0.25, 0.3) is 0 Å². The Hall–Kier alpha value is -1.63. The molecule has 7 nitrogen and oxygen atoms in total. The number of ether oxygens (including phenoxy) is 2. The number of carboxylic acid groups (broad SMARTS) is 1. The average molecular weight is 329 g/mol. The van der Waals surface area contributed by atoms with Crippen molar-refractivity contribution in [2.24, 2.45) is 23.0 Å². The van der Waals surface area contributed by atoms with Crippen molar-refractivity contribution < 1.29 is 29.0 Å². The smallest absolute Gasteiger partial charge is 0.326 e. The second-order valence-corrected chi connectivity index (χ2v) is 7.14. The van der Waals surface area contributed by atoms with E-state index < -0.39 is 35.7 Å². The number of carbonyl (C=O) groups excluding carboxylic acids is 2. The number of nitrogens with two attached hydrogens (primary N) is 1. The molecule has 0 aromatic heterocycles. The van der Waals surface area contributed by atoms with Gasteiger partial charge in [0.1, 0.15) is 6.04 Å². The third-order valence-electron chi connectivity index (χ3n) is 4.07. The molecule has 7 heteroatoms. The lowest BCUT2D eigenvalue weighted by molar-refractivity contribution is -0.192. The molecule has 0 aromatic carbocycles. The number of carbonyl (C=O) groups is 3. The molecule has 23 heavy (non-hydrogen) atoms. The van der Waals surface area contributed by atoms with E-state index in [1.54, 1.807) is 20.8 Å². The highest BCUT2D eigenvalue weighted by atomic mass is 16.7. The molecule has 0 saturated heterocycles. The van der Waals surface area contributed by atoms with Gasteiger partial charge in [-0.25, -0.2) is 0 Å². The summed E-state index contributed by atoms with van der Waals surface area (Å²) in [7, 11) is 0. The fraction of sp³-hybridized carbons (Fsp3) is 0.812. The maximum absolute atomic E-state index is 12.0. The fourth-order valence-corrected chi connectivity index (χ4v) is 2.51. The molecule has 1 aliphatic carbocycles. The van der Waals surface area contributed by atoms with Gasteiger partial charge >= 0.3 is 17.9 Å². The third-order valence-corrected chi connectivity index (χ3v) is 4.07. The van der Waals surface area contributed by atoms with Crippen LogP contribution >= 0.6 is 0 Å². The van der Waals surface area contributed by atoms with Crippen LogP contribution in [0.1, 0.15) is 53.4 Å². The molecule has 0 radical (unpaired) electrons. The van der Waals surface area contributed by atoms with Crippen molar-refractivity contribution >= 4 is 17.9 Å². The van der Waals surface area contributed by atoms with Gasteiger partial charge in [-0.15, -0.1) is 0 Å². The summed E-state index contributed by atoms with van der Waals surface area (Å²) in [4.78, 5) is 34.7. The molecule has 0 heterocycles. The van der Waals surface area contributed by atoms with Crippen molar-refractivity contribution in [3.8, 4) is 0 Å². The largest absolute Gasteiger partial charge is 0.481 e. The van der Waals surface area contributed by atoms with Crippen molar-refractivity contribution in [1.82, 2.24) is 0 Å². The fourth-order valence-electron chi connectivity index (χ4n) is 2.51. The molecule has 0 spiro atoms. The number of hydrogen-bond acceptors (Lipinski definition) is 6. The third kappa shape index (κ3) is 5.82. The van der Waals surface area contributed by atoms with Crippen LogP contribution in [0.5, 0.6) is 0 Å². The monoisotopic (exact) mass is 329 g/mol. The summed E-state index contributed by atoms with van der Waals surface area (Å²) in [5.74, 6) is -2.36. The molecule has 0 amide bonds. The Morgan fingerprint density at radius 2 is 1.61 bits per heavy atom. The zero-order valence-corrected chi connectivity index (χ0v) is 14.2. The first-order chi connectivity index (χ1) is 10.5. The molecular weight excluding hydrogens is 302 g/mol. The van der Waals surface area contributed by atoms with Gasteiger partial charge in [-0.05, 0) is 52.4 Å². The minimum absolute atomic E-state index is 0.108. The van der Waals surface area contributed by atoms with E-state index in [9.17, 15) is 14.4 Å². The van der Waals surface area contributed by atoms with Crippen LogP contribution in [0, 0.1) is 17.3 Å². The van der Waals surface area contributed by atoms with Gasteiger partial charge in [-0.3, -0.25) is 14.4 Å². The van der Waals surface area contributed by atoms with Crippen molar-refractivity contribution in [3.05, 3.63) is 0 Å². The predicted octanol–water partition coefficient (Wildman–Crippen LogP) is 1.68. The quantitative estimate of drug-likeness (QED) is 0.582. The highest BCUT2D eigenvalue weighted by molar-refractivity contribution is 5.77. The lowest BCUT2D eigenvalue weighted by Crippen LogP contribution is -2.43. The molecule has 132 valence electrons. The van der Waals surface area contributed by atoms with Crippen molar-refractivity contribution in [2.45, 2.75) is 65.7 Å². The Balaban J connectivity index is 2.45. The summed E-state index contributed by atoms with van der Waals surface area (Å²) < 4.78 is 10.1. The second kappa shape index (κ2) is 7.77. The van der Waals surface area contributed by atoms with E-state index in [4.69, 9.17) is 20.3 Å². The van der Waals surface area contributed by atoms with E-state index in [2.05, 4.69) is 0 Å². The predicted molar refractivity (Wildman–Crippen MR) is 82.2 cm³/mol. The van der Waals surface area contributed by atoms with Crippen LogP contribution in [-0.4, -0.2) is 35.3 Å². The van der Waals surface area contributed by atoms with E-state index in [1.807, 2.05) is 0 Å². The first kappa shape index (κ1) is 19.4. The van der Waals surface area contributed by atoms with Crippen molar-refractivity contribution in [2.75, 3.05) is 0 Å². The average Bonchev–Trinajstić information content (AvgIpc) is 2.45. The van der Waals surface area contributed by atoms with Gasteiger partial charge in [0.25, 0.3) is 0 Å². The van der Waals surface area contributed by atoms with E-state index in [1.165, 1.54) is 6.92 Å². The number of rotatable bonds is 5. The molecule has 0 aliphatic heterocycles. The number of carboxylic acids is 1. The normalized spacial score (nSPS) is 24.4. The molecule has 1 aliphatic rings. The van der Waals surface area contributed by atoms with Gasteiger partial charge in [0.15, 0.2) is 0 Å². The topological polar surface area (TPSA) is 116 Å². The van der Waals surface area contributed by atoms with E-state index in [0.29, 0.717) is 25.7 Å². The van der Waals surface area contributed by atoms with Gasteiger partial charge in [-0.1, -0.05) is 0 Å². The SMILES string of the molecule is CC(OC(=O)C(N)C1CCC(C(=O)O)CC1)OC(=O)C(C)(C)C. The van der Waals surface area contributed by atoms with Crippen LogP contribution in [-0.2, 0) is 23.9 Å². The lowest BCUT2D eigenvalue weighted by Gasteiger charge is -2.30. The van der Waals surface area contributed by atoms with Crippen LogP contribution in [0.3, 0.4) is 0 Å². The number of hydrogen-bond donors (Lipinski definition) is 2. The van der Waals surface area contributed by atoms with Gasteiger partial charge < -0.3 is 20.3 Å². The highest BCUT2D eigenvalue weighted by Gasteiger charge is 2.34. The molecule has 1 rings (SSSR count). The molecule has 0 bridgehead atoms. The van der Waals surface area contributed by atoms with Gasteiger partial charge in [0, 0.05) is 6.92 Å². The van der Waals surface area contributed by atoms with Crippen molar-refractivity contribution in [1.29, 1.82) is 0 Å². The maximum Gasteiger partial charge on any atom is 0.326 e. The second-order valence-electron chi connectivity index (χ2n) is 7.14. The first-order valence-corrected chi connectivity index (χ1v) is 7.92. The molecule has 2 atom stereocenters. The van der Waals surface area contributed by atoms with E-state index in [0.717, 1.165) is 0 Å². The Morgan fingerprint density at radius 3 is 2.04 bits per heavy atom. The summed E-state index contributed by atoms with van der Waals surface area (Å²) in [6, 6.07) is -0.833. The maximum atomic E-state index is 12.0. The Labute approximate surface area is 136 Å². The first-order valence-electron chi connectivity index (χ1n) is 7.92. The van der Waals surface area contributed by atoms with Gasteiger partial charge in [-0.2, -0.15) is 0 Å². The van der Waals surface area contributed by atoms with Crippen LogP contribution in [0.15, 0.2) is 0 Å². The Kier molecular flexibility index (Phi) is 6.56. The molecule has 1 saturated carbocycles. The number of aliphatic carboxylic acids is 1. The minimum atomic E-state index is -1.00. The standard InChI is InChI=1S/C16H27NO6/c1-9(23-15(21)16(2,3)4)22-14(20)12(17)10-5-7-11(8-6-10)13(18)19/h9-12H,5-8,17H2,1-4H3,(H,18,19). The zero-order chi connectivity index (χ0) is 17.8. The molecule has 1 fully saturated rings. The minimum Gasteiger partial charge on any atom is -0.481 e. The Morgan fingerprint density at radius 1 is 1.09 bits per heavy atom. The number of esters is 2. The van der Waals surface area contributed by atoms with E-state index >= 15 is 0 Å². The van der Waals surface area contributed by atoms with Crippen molar-refractivity contribution in [3.63, 3.8) is 0 Å². The molecule has 3 N–H and O–H groups in total. The van der Waals surface area contributed by atoms with Gasteiger partial charge in [0.05, 0.1) is 11.3 Å². The summed E-state index contributed by atoms with van der Waals surface area (Å²) >= 11 is 0. The summed E-state index contributed by atoms with van der Waals surface area (Å²) in [6.07, 6.45) is 1.16. The van der Waals surface area contributed by atoms with Crippen LogP contribution in [0.4, 0.5) is 0 Å².